The van der Waals surface area contributed by atoms with E-state index in [0.717, 1.165) is 31.3 Å². The maximum absolute atomic E-state index is 11.5. The summed E-state index contributed by atoms with van der Waals surface area (Å²) in [6.07, 6.45) is 6.67. The Balaban J connectivity index is 1.96. The van der Waals surface area contributed by atoms with Gasteiger partial charge in [-0.3, -0.25) is 4.79 Å². The van der Waals surface area contributed by atoms with E-state index < -0.39 is 0 Å². The average Bonchev–Trinajstić information content (AvgIpc) is 2.46. The molecule has 0 aromatic carbocycles. The molecule has 0 saturated heterocycles. The van der Waals surface area contributed by atoms with Gasteiger partial charge in [0.05, 0.1) is 18.1 Å². The second-order valence-corrected chi connectivity index (χ2v) is 5.26. The van der Waals surface area contributed by atoms with Crippen molar-refractivity contribution < 1.29 is 9.53 Å². The van der Waals surface area contributed by atoms with E-state index in [-0.39, 0.29) is 11.9 Å². The molecule has 0 unspecified atom stereocenters. The summed E-state index contributed by atoms with van der Waals surface area (Å²) in [5.74, 6) is 0.903. The largest absolute Gasteiger partial charge is 0.469 e. The molecule has 0 atom stereocenters. The molecule has 1 aliphatic rings. The van der Waals surface area contributed by atoms with Crippen LogP contribution >= 0.6 is 11.6 Å². The molecule has 0 amide bonds. The molecule has 19 heavy (non-hydrogen) atoms. The fourth-order valence-corrected chi connectivity index (χ4v) is 2.60. The Morgan fingerprint density at radius 3 is 2.32 bits per heavy atom. The van der Waals surface area contributed by atoms with Crippen molar-refractivity contribution in [3.05, 3.63) is 29.8 Å². The Hall–Kier alpha value is -1.42. The molecule has 1 saturated carbocycles. The van der Waals surface area contributed by atoms with Gasteiger partial charge in [-0.25, -0.2) is 9.97 Å². The van der Waals surface area contributed by atoms with E-state index >= 15 is 0 Å². The van der Waals surface area contributed by atoms with Gasteiger partial charge in [0.25, 0.3) is 0 Å². The zero-order valence-corrected chi connectivity index (χ0v) is 11.7. The number of hydrogen-bond acceptors (Lipinski definition) is 4. The van der Waals surface area contributed by atoms with Crippen molar-refractivity contribution >= 4 is 23.1 Å². The Labute approximate surface area is 117 Å². The molecule has 4 nitrogen and oxygen atoms in total. The van der Waals surface area contributed by atoms with E-state index in [2.05, 4.69) is 16.5 Å². The Morgan fingerprint density at radius 2 is 1.79 bits per heavy atom. The molecule has 2 rings (SSSR count). The SMILES string of the molecule is C=C(c1ncc(Cl)cn1)[C@H]1CC[C@H](C(=O)OC)CC1. The number of ether oxygens (including phenoxy) is 1. The van der Waals surface area contributed by atoms with Crippen LogP contribution in [0.2, 0.25) is 5.02 Å². The third kappa shape index (κ3) is 3.32. The lowest BCUT2D eigenvalue weighted by Crippen LogP contribution is -2.23. The highest BCUT2D eigenvalue weighted by atomic mass is 35.5. The maximum atomic E-state index is 11.5. The summed E-state index contributed by atoms with van der Waals surface area (Å²) in [5.41, 5.74) is 0.931. The van der Waals surface area contributed by atoms with Gasteiger partial charge < -0.3 is 4.74 Å². The molecule has 0 N–H and O–H groups in total. The van der Waals surface area contributed by atoms with Crippen molar-refractivity contribution in [2.75, 3.05) is 7.11 Å². The Bertz CT molecular complexity index is 465. The Morgan fingerprint density at radius 1 is 1.26 bits per heavy atom. The molecule has 0 aliphatic heterocycles. The van der Waals surface area contributed by atoms with Crippen LogP contribution in [0.4, 0.5) is 0 Å². The summed E-state index contributed by atoms with van der Waals surface area (Å²) < 4.78 is 4.78. The lowest BCUT2D eigenvalue weighted by Gasteiger charge is -2.27. The molecular weight excluding hydrogens is 264 g/mol. The lowest BCUT2D eigenvalue weighted by molar-refractivity contribution is -0.146. The van der Waals surface area contributed by atoms with E-state index in [1.165, 1.54) is 7.11 Å². The number of hydrogen-bond donors (Lipinski definition) is 0. The summed E-state index contributed by atoms with van der Waals surface area (Å²) in [6.45, 7) is 4.08. The second kappa shape index (κ2) is 6.15. The van der Waals surface area contributed by atoms with Crippen LogP contribution < -0.4 is 0 Å². The first kappa shape index (κ1) is 14.0. The topological polar surface area (TPSA) is 52.1 Å². The number of allylic oxidation sites excluding steroid dienone is 1. The van der Waals surface area contributed by atoms with Gasteiger partial charge in [-0.1, -0.05) is 18.2 Å². The van der Waals surface area contributed by atoms with Gasteiger partial charge in [-0.2, -0.15) is 0 Å². The highest BCUT2D eigenvalue weighted by molar-refractivity contribution is 6.30. The first-order chi connectivity index (χ1) is 9.11. The van der Waals surface area contributed by atoms with Gasteiger partial charge in [0.1, 0.15) is 0 Å². The van der Waals surface area contributed by atoms with Crippen LogP contribution in [0.25, 0.3) is 5.57 Å². The predicted octanol–water partition coefficient (Wildman–Crippen LogP) is 3.12. The normalized spacial score (nSPS) is 22.8. The molecule has 5 heteroatoms. The van der Waals surface area contributed by atoms with Crippen molar-refractivity contribution in [2.24, 2.45) is 11.8 Å². The van der Waals surface area contributed by atoms with E-state index in [1.54, 1.807) is 12.4 Å². The van der Waals surface area contributed by atoms with Crippen LogP contribution in [0.5, 0.6) is 0 Å². The first-order valence-corrected chi connectivity index (χ1v) is 6.74. The minimum atomic E-state index is -0.105. The number of aromatic nitrogens is 2. The molecular formula is C14H17ClN2O2. The fraction of sp³-hybridized carbons (Fsp3) is 0.500. The lowest BCUT2D eigenvalue weighted by atomic mass is 9.78. The van der Waals surface area contributed by atoms with Gasteiger partial charge in [0.15, 0.2) is 5.82 Å². The molecule has 1 aromatic rings. The van der Waals surface area contributed by atoms with Crippen molar-refractivity contribution in [1.82, 2.24) is 9.97 Å². The molecule has 0 bridgehead atoms. The predicted molar refractivity (Wildman–Crippen MR) is 73.5 cm³/mol. The summed E-state index contributed by atoms with van der Waals surface area (Å²) in [6, 6.07) is 0. The van der Waals surface area contributed by atoms with E-state index in [0.29, 0.717) is 16.8 Å². The number of rotatable bonds is 3. The summed E-state index contributed by atoms with van der Waals surface area (Å²) >= 11 is 5.77. The summed E-state index contributed by atoms with van der Waals surface area (Å²) in [4.78, 5) is 19.8. The summed E-state index contributed by atoms with van der Waals surface area (Å²) in [5, 5.41) is 0.519. The van der Waals surface area contributed by atoms with Crippen molar-refractivity contribution in [2.45, 2.75) is 25.7 Å². The number of carbonyl (C=O) groups is 1. The van der Waals surface area contributed by atoms with Crippen LogP contribution in [-0.2, 0) is 9.53 Å². The van der Waals surface area contributed by atoms with Crippen molar-refractivity contribution in [3.8, 4) is 0 Å². The zero-order valence-electron chi connectivity index (χ0n) is 10.9. The van der Waals surface area contributed by atoms with Gasteiger partial charge >= 0.3 is 5.97 Å². The molecule has 1 heterocycles. The Kier molecular flexibility index (Phi) is 4.53. The van der Waals surface area contributed by atoms with Gasteiger partial charge in [-0.15, -0.1) is 0 Å². The quantitative estimate of drug-likeness (QED) is 0.798. The highest BCUT2D eigenvalue weighted by Gasteiger charge is 2.29. The van der Waals surface area contributed by atoms with Crippen LogP contribution in [0.15, 0.2) is 19.0 Å². The molecule has 0 radical (unpaired) electrons. The van der Waals surface area contributed by atoms with Crippen LogP contribution in [0.1, 0.15) is 31.5 Å². The number of nitrogens with zero attached hydrogens (tertiary/aromatic N) is 2. The second-order valence-electron chi connectivity index (χ2n) is 4.82. The molecule has 1 aromatic heterocycles. The van der Waals surface area contributed by atoms with Crippen LogP contribution in [0.3, 0.4) is 0 Å². The minimum absolute atomic E-state index is 0.0280. The minimum Gasteiger partial charge on any atom is -0.469 e. The van der Waals surface area contributed by atoms with Crippen molar-refractivity contribution in [1.29, 1.82) is 0 Å². The first-order valence-electron chi connectivity index (χ1n) is 6.36. The zero-order chi connectivity index (χ0) is 13.8. The molecule has 1 fully saturated rings. The average molecular weight is 281 g/mol. The number of methoxy groups -OCH3 is 1. The van der Waals surface area contributed by atoms with E-state index in [4.69, 9.17) is 16.3 Å². The van der Waals surface area contributed by atoms with Gasteiger partial charge in [0, 0.05) is 12.4 Å². The van der Waals surface area contributed by atoms with E-state index in [1.807, 2.05) is 0 Å². The monoisotopic (exact) mass is 280 g/mol. The molecule has 1 aliphatic carbocycles. The smallest absolute Gasteiger partial charge is 0.308 e. The molecule has 102 valence electrons. The van der Waals surface area contributed by atoms with E-state index in [9.17, 15) is 4.79 Å². The third-order valence-corrected chi connectivity index (χ3v) is 3.86. The fourth-order valence-electron chi connectivity index (χ4n) is 2.50. The number of halogens is 1. The molecule has 0 spiro atoms. The highest BCUT2D eigenvalue weighted by Crippen LogP contribution is 2.36. The maximum Gasteiger partial charge on any atom is 0.308 e. The number of carbonyl (C=O) groups excluding carboxylic acids is 1. The van der Waals surface area contributed by atoms with Crippen LogP contribution in [-0.4, -0.2) is 23.0 Å². The van der Waals surface area contributed by atoms with Crippen molar-refractivity contribution in [3.63, 3.8) is 0 Å². The third-order valence-electron chi connectivity index (χ3n) is 3.66. The van der Waals surface area contributed by atoms with Gasteiger partial charge in [0.2, 0.25) is 0 Å². The summed E-state index contributed by atoms with van der Waals surface area (Å²) in [7, 11) is 1.44. The number of esters is 1. The standard InChI is InChI=1S/C14H17ClN2O2/c1-9(13-16-7-12(15)8-17-13)10-3-5-11(6-4-10)14(18)19-2/h7-8,10-11H,1,3-6H2,2H3/t10-,11-. The van der Waals surface area contributed by atoms with Gasteiger partial charge in [-0.05, 0) is 37.2 Å². The van der Waals surface area contributed by atoms with Crippen LogP contribution in [0, 0.1) is 11.8 Å².